The Bertz CT molecular complexity index is 810. The maximum absolute atomic E-state index is 14.0. The number of allylic oxidation sites excluding steroid dienone is 1. The average Bonchev–Trinajstić information content (AvgIpc) is 3.10. The average molecular weight is 364 g/mol. The van der Waals surface area contributed by atoms with Crippen LogP contribution in [0.15, 0.2) is 34.4 Å². The molecule has 1 aromatic carbocycles. The molecule has 0 spiro atoms. The zero-order valence-corrected chi connectivity index (χ0v) is 14.9. The summed E-state index contributed by atoms with van der Waals surface area (Å²) in [5.74, 6) is 0.357. The Hall–Kier alpha value is -2.21. The molecule has 0 saturated carbocycles. The van der Waals surface area contributed by atoms with E-state index in [-0.39, 0.29) is 23.2 Å². The number of benzene rings is 1. The minimum atomic E-state index is -0.484. The Morgan fingerprint density at radius 2 is 2.12 bits per heavy atom. The van der Waals surface area contributed by atoms with Gasteiger partial charge in [0.2, 0.25) is 17.6 Å². The summed E-state index contributed by atoms with van der Waals surface area (Å²) in [7, 11) is 0. The summed E-state index contributed by atoms with van der Waals surface area (Å²) in [6.45, 7) is 4.96. The van der Waals surface area contributed by atoms with Crippen LogP contribution in [0.5, 0.6) is 0 Å². The predicted octanol–water partition coefficient (Wildman–Crippen LogP) is 4.20. The van der Waals surface area contributed by atoms with Crippen LogP contribution in [0.1, 0.15) is 38.5 Å². The Kier molecular flexibility index (Phi) is 5.18. The molecule has 7 heteroatoms. The molecule has 25 heavy (non-hydrogen) atoms. The van der Waals surface area contributed by atoms with Gasteiger partial charge in [0.15, 0.2) is 0 Å². The molecule has 0 bridgehead atoms. The number of rotatable bonds is 3. The Morgan fingerprint density at radius 3 is 2.76 bits per heavy atom. The van der Waals surface area contributed by atoms with E-state index in [9.17, 15) is 9.18 Å². The molecule has 0 N–H and O–H groups in total. The van der Waals surface area contributed by atoms with Gasteiger partial charge in [0.05, 0.1) is 5.56 Å². The maximum atomic E-state index is 14.0. The van der Waals surface area contributed by atoms with Crippen LogP contribution in [-0.4, -0.2) is 34.0 Å². The molecular weight excluding hydrogens is 345 g/mol. The van der Waals surface area contributed by atoms with Crippen molar-refractivity contribution in [1.82, 2.24) is 15.0 Å². The van der Waals surface area contributed by atoms with E-state index < -0.39 is 5.82 Å². The molecule has 0 aliphatic carbocycles. The molecule has 1 aliphatic rings. The van der Waals surface area contributed by atoms with E-state index in [1.807, 2.05) is 24.8 Å². The highest BCUT2D eigenvalue weighted by atomic mass is 35.5. The highest BCUT2D eigenvalue weighted by Gasteiger charge is 2.28. The van der Waals surface area contributed by atoms with Gasteiger partial charge < -0.3 is 9.42 Å². The predicted molar refractivity (Wildman–Crippen MR) is 92.7 cm³/mol. The van der Waals surface area contributed by atoms with Gasteiger partial charge in [0, 0.05) is 29.6 Å². The molecule has 5 nitrogen and oxygen atoms in total. The van der Waals surface area contributed by atoms with Gasteiger partial charge >= 0.3 is 0 Å². The normalized spacial score (nSPS) is 16.3. The monoisotopic (exact) mass is 363 g/mol. The van der Waals surface area contributed by atoms with Crippen molar-refractivity contribution in [1.29, 1.82) is 0 Å². The van der Waals surface area contributed by atoms with Gasteiger partial charge in [-0.05, 0) is 44.9 Å². The second kappa shape index (κ2) is 7.35. The molecule has 0 atom stereocenters. The largest absolute Gasteiger partial charge is 0.339 e. The quantitative estimate of drug-likeness (QED) is 0.767. The molecule has 0 unspecified atom stereocenters. The van der Waals surface area contributed by atoms with E-state index in [1.54, 1.807) is 6.07 Å². The summed E-state index contributed by atoms with van der Waals surface area (Å²) in [6.07, 6.45) is 3.31. The molecule has 1 aromatic heterocycles. The van der Waals surface area contributed by atoms with Crippen molar-refractivity contribution in [3.63, 3.8) is 0 Å². The van der Waals surface area contributed by atoms with Gasteiger partial charge in [-0.25, -0.2) is 4.39 Å². The molecule has 1 fully saturated rings. The summed E-state index contributed by atoms with van der Waals surface area (Å²) < 4.78 is 19.3. The number of aromatic nitrogens is 2. The van der Waals surface area contributed by atoms with Gasteiger partial charge in [0.1, 0.15) is 5.82 Å². The lowest BCUT2D eigenvalue weighted by molar-refractivity contribution is -0.128. The number of carbonyl (C=O) groups is 1. The van der Waals surface area contributed by atoms with E-state index in [1.165, 1.54) is 12.1 Å². The Labute approximate surface area is 150 Å². The van der Waals surface area contributed by atoms with Crippen molar-refractivity contribution < 1.29 is 13.7 Å². The third kappa shape index (κ3) is 3.74. The highest BCUT2D eigenvalue weighted by molar-refractivity contribution is 6.30. The standard InChI is InChI=1S/C18H19ClFN3O2/c1-3-11(2)18(24)23-8-6-12(7-9-23)17-21-16(22-25-17)14-5-4-13(19)10-15(14)20/h3-5,10,12H,6-9H2,1-2H3/b11-3+. The van der Waals surface area contributed by atoms with Crippen molar-refractivity contribution in [2.75, 3.05) is 13.1 Å². The Balaban J connectivity index is 1.69. The lowest BCUT2D eigenvalue weighted by Gasteiger charge is -2.30. The molecule has 1 aliphatic heterocycles. The van der Waals surface area contributed by atoms with Crippen LogP contribution < -0.4 is 0 Å². The van der Waals surface area contributed by atoms with Crippen LogP contribution in [0.2, 0.25) is 5.02 Å². The van der Waals surface area contributed by atoms with E-state index in [2.05, 4.69) is 10.1 Å². The summed E-state index contributed by atoms with van der Waals surface area (Å²) in [5.41, 5.74) is 1.01. The number of nitrogens with zero attached hydrogens (tertiary/aromatic N) is 3. The zero-order valence-electron chi connectivity index (χ0n) is 14.1. The number of carbonyl (C=O) groups excluding carboxylic acids is 1. The van der Waals surface area contributed by atoms with E-state index >= 15 is 0 Å². The number of halogens is 2. The van der Waals surface area contributed by atoms with Gasteiger partial charge in [0.25, 0.3) is 0 Å². The highest BCUT2D eigenvalue weighted by Crippen LogP contribution is 2.30. The molecule has 1 amide bonds. The first kappa shape index (κ1) is 17.6. The van der Waals surface area contributed by atoms with Crippen molar-refractivity contribution in [3.8, 4) is 11.4 Å². The minimum Gasteiger partial charge on any atom is -0.339 e. The van der Waals surface area contributed by atoms with E-state index in [0.717, 1.165) is 18.4 Å². The first-order chi connectivity index (χ1) is 12.0. The van der Waals surface area contributed by atoms with Crippen molar-refractivity contribution in [3.05, 3.63) is 46.6 Å². The second-order valence-corrected chi connectivity index (χ2v) is 6.55. The van der Waals surface area contributed by atoms with Gasteiger partial charge in [-0.1, -0.05) is 22.8 Å². The number of piperidine rings is 1. The lowest BCUT2D eigenvalue weighted by atomic mass is 9.96. The number of amides is 1. The van der Waals surface area contributed by atoms with E-state index in [0.29, 0.717) is 24.0 Å². The summed E-state index contributed by atoms with van der Waals surface area (Å²) in [5, 5.41) is 4.21. The van der Waals surface area contributed by atoms with Crippen molar-refractivity contribution in [2.45, 2.75) is 32.6 Å². The molecule has 0 radical (unpaired) electrons. The fraction of sp³-hybridized carbons (Fsp3) is 0.389. The first-order valence-electron chi connectivity index (χ1n) is 8.20. The number of hydrogen-bond donors (Lipinski definition) is 0. The van der Waals surface area contributed by atoms with Gasteiger partial charge in [-0.15, -0.1) is 0 Å². The van der Waals surface area contributed by atoms with Crippen molar-refractivity contribution >= 4 is 17.5 Å². The Morgan fingerprint density at radius 1 is 1.40 bits per heavy atom. The molecule has 132 valence electrons. The molecule has 1 saturated heterocycles. The van der Waals surface area contributed by atoms with Crippen LogP contribution in [0.3, 0.4) is 0 Å². The minimum absolute atomic E-state index is 0.0652. The topological polar surface area (TPSA) is 59.2 Å². The summed E-state index contributed by atoms with van der Waals surface area (Å²) >= 11 is 5.76. The van der Waals surface area contributed by atoms with Crippen molar-refractivity contribution in [2.24, 2.45) is 0 Å². The van der Waals surface area contributed by atoms with Crippen LogP contribution >= 0.6 is 11.6 Å². The third-order valence-corrected chi connectivity index (χ3v) is 4.75. The fourth-order valence-electron chi connectivity index (χ4n) is 2.88. The van der Waals surface area contributed by atoms with Crippen LogP contribution in [-0.2, 0) is 4.79 Å². The maximum Gasteiger partial charge on any atom is 0.249 e. The molecular formula is C18H19ClFN3O2. The zero-order chi connectivity index (χ0) is 18.0. The van der Waals surface area contributed by atoms with Crippen LogP contribution in [0.4, 0.5) is 4.39 Å². The van der Waals surface area contributed by atoms with Crippen LogP contribution in [0, 0.1) is 5.82 Å². The SMILES string of the molecule is C/C=C(\C)C(=O)N1CCC(c2nc(-c3ccc(Cl)cc3F)no2)CC1. The second-order valence-electron chi connectivity index (χ2n) is 6.12. The first-order valence-corrected chi connectivity index (χ1v) is 8.58. The summed E-state index contributed by atoms with van der Waals surface area (Å²) in [4.78, 5) is 18.4. The fourth-order valence-corrected chi connectivity index (χ4v) is 3.04. The molecule has 2 heterocycles. The van der Waals surface area contributed by atoms with E-state index in [4.69, 9.17) is 16.1 Å². The van der Waals surface area contributed by atoms with Gasteiger partial charge in [-0.2, -0.15) is 4.98 Å². The summed E-state index contributed by atoms with van der Waals surface area (Å²) in [6, 6.07) is 4.34. The number of likely N-dealkylation sites (tertiary alicyclic amines) is 1. The van der Waals surface area contributed by atoms with Gasteiger partial charge in [-0.3, -0.25) is 4.79 Å². The lowest BCUT2D eigenvalue weighted by Crippen LogP contribution is -2.38. The molecule has 2 aromatic rings. The smallest absolute Gasteiger partial charge is 0.249 e. The number of hydrogen-bond acceptors (Lipinski definition) is 4. The molecule has 3 rings (SSSR count). The third-order valence-electron chi connectivity index (χ3n) is 4.52. The van der Waals surface area contributed by atoms with Crippen LogP contribution in [0.25, 0.3) is 11.4 Å².